The maximum atomic E-state index is 13.2. The third kappa shape index (κ3) is 2.45. The highest BCUT2D eigenvalue weighted by atomic mass is 127. The largest absolute Gasteiger partial charge is 0.310 e. The zero-order valence-electron chi connectivity index (χ0n) is 7.89. The molecule has 1 aliphatic rings. The van der Waals surface area contributed by atoms with Crippen molar-refractivity contribution in [1.29, 1.82) is 0 Å². The Balaban J connectivity index is 2.21. The molecule has 1 atom stereocenters. The summed E-state index contributed by atoms with van der Waals surface area (Å²) >= 11 is 2.16. The summed E-state index contributed by atoms with van der Waals surface area (Å²) in [6.45, 7) is 1.05. The van der Waals surface area contributed by atoms with Gasteiger partial charge in [-0.1, -0.05) is 6.42 Å². The number of rotatable bonds is 1. The van der Waals surface area contributed by atoms with E-state index in [1.165, 1.54) is 12.8 Å². The molecule has 1 fully saturated rings. The van der Waals surface area contributed by atoms with E-state index in [1.807, 2.05) is 0 Å². The van der Waals surface area contributed by atoms with E-state index in [1.54, 1.807) is 12.1 Å². The molecular formula is C11H13FIN. The summed E-state index contributed by atoms with van der Waals surface area (Å²) in [6, 6.07) is 5.62. The van der Waals surface area contributed by atoms with Crippen molar-refractivity contribution in [2.24, 2.45) is 0 Å². The van der Waals surface area contributed by atoms with E-state index in [9.17, 15) is 4.39 Å². The first-order valence-electron chi connectivity index (χ1n) is 4.95. The van der Waals surface area contributed by atoms with Crippen molar-refractivity contribution in [2.75, 3.05) is 6.54 Å². The minimum absolute atomic E-state index is 0.126. The maximum Gasteiger partial charge on any atom is 0.124 e. The molecule has 2 rings (SSSR count). The van der Waals surface area contributed by atoms with Crippen LogP contribution in [0.3, 0.4) is 0 Å². The van der Waals surface area contributed by atoms with Gasteiger partial charge in [-0.05, 0) is 65.7 Å². The molecule has 1 aliphatic heterocycles. The summed E-state index contributed by atoms with van der Waals surface area (Å²) in [4.78, 5) is 0. The van der Waals surface area contributed by atoms with Gasteiger partial charge in [-0.25, -0.2) is 4.39 Å². The van der Waals surface area contributed by atoms with Gasteiger partial charge in [0.05, 0.1) is 0 Å². The molecule has 14 heavy (non-hydrogen) atoms. The zero-order valence-corrected chi connectivity index (χ0v) is 10.1. The Morgan fingerprint density at radius 2 is 2.14 bits per heavy atom. The smallest absolute Gasteiger partial charge is 0.124 e. The van der Waals surface area contributed by atoms with E-state index in [0.29, 0.717) is 6.04 Å². The van der Waals surface area contributed by atoms with E-state index < -0.39 is 0 Å². The third-order valence-corrected chi connectivity index (χ3v) is 3.22. The molecule has 0 unspecified atom stereocenters. The molecule has 1 aromatic rings. The van der Waals surface area contributed by atoms with Crippen molar-refractivity contribution >= 4 is 22.6 Å². The number of benzene rings is 1. The molecule has 1 nitrogen and oxygen atoms in total. The van der Waals surface area contributed by atoms with Crippen LogP contribution in [0.4, 0.5) is 4.39 Å². The molecule has 76 valence electrons. The van der Waals surface area contributed by atoms with E-state index >= 15 is 0 Å². The number of halogens is 2. The summed E-state index contributed by atoms with van der Waals surface area (Å²) in [5.41, 5.74) is 1.09. The van der Waals surface area contributed by atoms with Crippen LogP contribution in [0.1, 0.15) is 30.9 Å². The normalized spacial score (nSPS) is 22.3. The fourth-order valence-corrected chi connectivity index (χ4v) is 2.57. The summed E-state index contributed by atoms with van der Waals surface area (Å²) in [6.07, 6.45) is 3.60. The van der Waals surface area contributed by atoms with Crippen LogP contribution in [0.2, 0.25) is 0 Å². The molecule has 1 heterocycles. The minimum atomic E-state index is -0.126. The van der Waals surface area contributed by atoms with Crippen molar-refractivity contribution in [1.82, 2.24) is 5.32 Å². The Kier molecular flexibility index (Phi) is 3.38. The third-order valence-electron chi connectivity index (χ3n) is 2.60. The topological polar surface area (TPSA) is 12.0 Å². The van der Waals surface area contributed by atoms with Gasteiger partial charge in [0.2, 0.25) is 0 Å². The minimum Gasteiger partial charge on any atom is -0.310 e. The van der Waals surface area contributed by atoms with Crippen LogP contribution in [0.5, 0.6) is 0 Å². The van der Waals surface area contributed by atoms with Gasteiger partial charge in [0.1, 0.15) is 5.82 Å². The van der Waals surface area contributed by atoms with Crippen LogP contribution in [0.25, 0.3) is 0 Å². The molecule has 0 spiro atoms. The fraction of sp³-hybridized carbons (Fsp3) is 0.455. The first-order chi connectivity index (χ1) is 6.75. The van der Waals surface area contributed by atoms with Crippen molar-refractivity contribution in [3.8, 4) is 0 Å². The van der Waals surface area contributed by atoms with E-state index in [0.717, 1.165) is 22.1 Å². The summed E-state index contributed by atoms with van der Waals surface area (Å²) < 4.78 is 14.1. The van der Waals surface area contributed by atoms with E-state index in [2.05, 4.69) is 34.0 Å². The van der Waals surface area contributed by atoms with Gasteiger partial charge in [0, 0.05) is 9.61 Å². The lowest BCUT2D eigenvalue weighted by Gasteiger charge is -2.24. The maximum absolute atomic E-state index is 13.2. The van der Waals surface area contributed by atoms with Crippen LogP contribution < -0.4 is 5.32 Å². The molecule has 1 saturated heterocycles. The molecule has 0 aliphatic carbocycles. The van der Waals surface area contributed by atoms with E-state index in [4.69, 9.17) is 0 Å². The quantitative estimate of drug-likeness (QED) is 0.786. The van der Waals surface area contributed by atoms with Crippen LogP contribution >= 0.6 is 22.6 Å². The predicted molar refractivity (Wildman–Crippen MR) is 63.7 cm³/mol. The van der Waals surface area contributed by atoms with Crippen LogP contribution in [0.15, 0.2) is 18.2 Å². The second-order valence-corrected chi connectivity index (χ2v) is 4.95. The van der Waals surface area contributed by atoms with Gasteiger partial charge >= 0.3 is 0 Å². The second kappa shape index (κ2) is 4.57. The molecule has 0 aromatic heterocycles. The molecule has 0 bridgehead atoms. The molecule has 0 saturated carbocycles. The lowest BCUT2D eigenvalue weighted by molar-refractivity contribution is 0.411. The van der Waals surface area contributed by atoms with Crippen LogP contribution in [0, 0.1) is 9.39 Å². The Morgan fingerprint density at radius 1 is 1.29 bits per heavy atom. The van der Waals surface area contributed by atoms with Crippen molar-refractivity contribution < 1.29 is 4.39 Å². The first-order valence-corrected chi connectivity index (χ1v) is 6.03. The number of nitrogens with one attached hydrogen (secondary N) is 1. The fourth-order valence-electron chi connectivity index (χ4n) is 1.91. The monoisotopic (exact) mass is 305 g/mol. The van der Waals surface area contributed by atoms with Crippen molar-refractivity contribution in [3.05, 3.63) is 33.1 Å². The SMILES string of the molecule is Fc1cc(I)cc([C@H]2CCCCN2)c1. The number of hydrogen-bond acceptors (Lipinski definition) is 1. The Labute approximate surface area is 97.2 Å². The van der Waals surface area contributed by atoms with Crippen molar-refractivity contribution in [3.63, 3.8) is 0 Å². The van der Waals surface area contributed by atoms with Crippen molar-refractivity contribution in [2.45, 2.75) is 25.3 Å². The molecule has 0 radical (unpaired) electrons. The second-order valence-electron chi connectivity index (χ2n) is 3.71. The number of piperidine rings is 1. The van der Waals surface area contributed by atoms with Gasteiger partial charge in [0.25, 0.3) is 0 Å². The van der Waals surface area contributed by atoms with Gasteiger partial charge < -0.3 is 5.32 Å². The highest BCUT2D eigenvalue weighted by molar-refractivity contribution is 14.1. The summed E-state index contributed by atoms with van der Waals surface area (Å²) in [7, 11) is 0. The lowest BCUT2D eigenvalue weighted by atomic mass is 9.98. The van der Waals surface area contributed by atoms with E-state index in [-0.39, 0.29) is 5.82 Å². The highest BCUT2D eigenvalue weighted by Gasteiger charge is 2.15. The van der Waals surface area contributed by atoms with Gasteiger partial charge in [0.15, 0.2) is 0 Å². The molecular weight excluding hydrogens is 292 g/mol. The summed E-state index contributed by atoms with van der Waals surface area (Å²) in [5, 5.41) is 3.42. The number of hydrogen-bond donors (Lipinski definition) is 1. The molecule has 1 aromatic carbocycles. The standard InChI is InChI=1S/C11H13FIN/c12-9-5-8(6-10(13)7-9)11-3-1-2-4-14-11/h5-7,11,14H,1-4H2/t11-/m1/s1. The van der Waals surface area contributed by atoms with Crippen LogP contribution in [-0.4, -0.2) is 6.54 Å². The zero-order chi connectivity index (χ0) is 9.97. The molecule has 3 heteroatoms. The molecule has 0 amide bonds. The Hall–Kier alpha value is -0.160. The first kappa shape index (κ1) is 10.4. The van der Waals surface area contributed by atoms with Crippen LogP contribution in [-0.2, 0) is 0 Å². The average Bonchev–Trinajstić information content (AvgIpc) is 2.18. The molecule has 1 N–H and O–H groups in total. The predicted octanol–water partition coefficient (Wildman–Crippen LogP) is 3.24. The highest BCUT2D eigenvalue weighted by Crippen LogP contribution is 2.24. The van der Waals surface area contributed by atoms with Gasteiger partial charge in [-0.2, -0.15) is 0 Å². The van der Waals surface area contributed by atoms with Gasteiger partial charge in [-0.3, -0.25) is 0 Å². The Bertz CT molecular complexity index is 301. The summed E-state index contributed by atoms with van der Waals surface area (Å²) in [5.74, 6) is -0.126. The lowest BCUT2D eigenvalue weighted by Crippen LogP contribution is -2.26. The average molecular weight is 305 g/mol. The Morgan fingerprint density at radius 3 is 2.79 bits per heavy atom. The van der Waals surface area contributed by atoms with Gasteiger partial charge in [-0.15, -0.1) is 0 Å².